The number of rotatable bonds is 4. The molecule has 0 spiro atoms. The largest absolute Gasteiger partial charge is 0.469 e. The Bertz CT molecular complexity index is 396. The standard InChI is InChI=1S/C10H15NO4S/c1-15-10(12)5-6-16(13,14)9-4-2-3-8(9)7-11/h8-9H,2-6H2,1H3. The fraction of sp³-hybridized carbons (Fsp3) is 0.800. The van der Waals surface area contributed by atoms with Crippen LogP contribution in [0.1, 0.15) is 25.7 Å². The Labute approximate surface area is 95.3 Å². The van der Waals surface area contributed by atoms with Crippen molar-refractivity contribution in [3.63, 3.8) is 0 Å². The number of methoxy groups -OCH3 is 1. The Balaban J connectivity index is 2.64. The summed E-state index contributed by atoms with van der Waals surface area (Å²) in [7, 11) is -2.12. The Kier molecular flexibility index (Phi) is 4.30. The maximum atomic E-state index is 11.9. The molecule has 90 valence electrons. The zero-order valence-corrected chi connectivity index (χ0v) is 10.00. The highest BCUT2D eigenvalue weighted by molar-refractivity contribution is 7.92. The molecule has 1 fully saturated rings. The molecule has 0 radical (unpaired) electrons. The lowest BCUT2D eigenvalue weighted by molar-refractivity contribution is -0.140. The molecular formula is C10H15NO4S. The van der Waals surface area contributed by atoms with Crippen LogP contribution in [0.4, 0.5) is 0 Å². The van der Waals surface area contributed by atoms with E-state index in [2.05, 4.69) is 4.74 Å². The number of carbonyl (C=O) groups excluding carboxylic acids is 1. The van der Waals surface area contributed by atoms with Gasteiger partial charge in [0.25, 0.3) is 0 Å². The van der Waals surface area contributed by atoms with E-state index in [9.17, 15) is 13.2 Å². The van der Waals surface area contributed by atoms with Crippen LogP contribution in [0.2, 0.25) is 0 Å². The predicted molar refractivity (Wildman–Crippen MR) is 57.2 cm³/mol. The summed E-state index contributed by atoms with van der Waals surface area (Å²) >= 11 is 0. The maximum Gasteiger partial charge on any atom is 0.306 e. The molecule has 1 saturated carbocycles. The van der Waals surface area contributed by atoms with Crippen LogP contribution in [-0.4, -0.2) is 32.5 Å². The van der Waals surface area contributed by atoms with Crippen molar-refractivity contribution in [3.05, 3.63) is 0 Å². The molecule has 2 atom stereocenters. The lowest BCUT2D eigenvalue weighted by Gasteiger charge is -2.13. The summed E-state index contributed by atoms with van der Waals surface area (Å²) in [5.74, 6) is -1.17. The molecule has 0 N–H and O–H groups in total. The quantitative estimate of drug-likeness (QED) is 0.679. The molecular weight excluding hydrogens is 230 g/mol. The molecule has 0 heterocycles. The molecule has 1 rings (SSSR count). The third-order valence-electron chi connectivity index (χ3n) is 2.90. The highest BCUT2D eigenvalue weighted by atomic mass is 32.2. The van der Waals surface area contributed by atoms with Gasteiger partial charge in [-0.2, -0.15) is 5.26 Å². The number of sulfone groups is 1. The summed E-state index contributed by atoms with van der Waals surface area (Å²) < 4.78 is 28.1. The zero-order chi connectivity index (χ0) is 12.2. The van der Waals surface area contributed by atoms with Crippen LogP contribution in [0.25, 0.3) is 0 Å². The van der Waals surface area contributed by atoms with E-state index < -0.39 is 27.0 Å². The molecule has 0 aromatic carbocycles. The third-order valence-corrected chi connectivity index (χ3v) is 5.16. The lowest BCUT2D eigenvalue weighted by Crippen LogP contribution is -2.28. The van der Waals surface area contributed by atoms with E-state index in [-0.39, 0.29) is 12.2 Å². The van der Waals surface area contributed by atoms with E-state index in [1.165, 1.54) is 7.11 Å². The van der Waals surface area contributed by atoms with Crippen molar-refractivity contribution >= 4 is 15.8 Å². The van der Waals surface area contributed by atoms with E-state index in [1.807, 2.05) is 6.07 Å². The molecule has 0 aliphatic heterocycles. The first kappa shape index (κ1) is 13.0. The van der Waals surface area contributed by atoms with Gasteiger partial charge in [0, 0.05) is 0 Å². The van der Waals surface area contributed by atoms with Gasteiger partial charge in [-0.25, -0.2) is 8.42 Å². The summed E-state index contributed by atoms with van der Waals surface area (Å²) in [6.07, 6.45) is 1.80. The predicted octanol–water partition coefficient (Wildman–Crippen LogP) is 0.657. The minimum atomic E-state index is -3.35. The lowest BCUT2D eigenvalue weighted by atomic mass is 10.1. The topological polar surface area (TPSA) is 84.2 Å². The van der Waals surface area contributed by atoms with Gasteiger partial charge < -0.3 is 4.74 Å². The SMILES string of the molecule is COC(=O)CCS(=O)(=O)C1CCCC1C#N. The van der Waals surface area contributed by atoms with E-state index in [1.54, 1.807) is 0 Å². The molecule has 0 bridgehead atoms. The second kappa shape index (κ2) is 5.30. The first-order valence-electron chi connectivity index (χ1n) is 5.19. The minimum absolute atomic E-state index is 0.131. The van der Waals surface area contributed by atoms with Crippen molar-refractivity contribution in [2.45, 2.75) is 30.9 Å². The average molecular weight is 245 g/mol. The second-order valence-electron chi connectivity index (χ2n) is 3.90. The third kappa shape index (κ3) is 2.95. The molecule has 6 heteroatoms. The first-order valence-corrected chi connectivity index (χ1v) is 6.91. The fourth-order valence-electron chi connectivity index (χ4n) is 1.98. The van der Waals surface area contributed by atoms with Gasteiger partial charge in [-0.1, -0.05) is 6.42 Å². The summed E-state index contributed by atoms with van der Waals surface area (Å²) in [4.78, 5) is 10.9. The zero-order valence-electron chi connectivity index (χ0n) is 9.18. The van der Waals surface area contributed by atoms with Gasteiger partial charge >= 0.3 is 5.97 Å². The molecule has 1 aliphatic carbocycles. The summed E-state index contributed by atoms with van der Waals surface area (Å²) in [5, 5.41) is 8.22. The highest BCUT2D eigenvalue weighted by Crippen LogP contribution is 2.31. The number of hydrogen-bond donors (Lipinski definition) is 0. The number of carbonyl (C=O) groups is 1. The number of nitriles is 1. The molecule has 0 aromatic rings. The Hall–Kier alpha value is -1.09. The Morgan fingerprint density at radius 2 is 2.19 bits per heavy atom. The van der Waals surface area contributed by atoms with E-state index in [0.29, 0.717) is 12.8 Å². The van der Waals surface area contributed by atoms with Crippen molar-refractivity contribution in [2.75, 3.05) is 12.9 Å². The molecule has 0 saturated heterocycles. The van der Waals surface area contributed by atoms with Crippen LogP contribution in [0.3, 0.4) is 0 Å². The van der Waals surface area contributed by atoms with Crippen LogP contribution in [0, 0.1) is 17.2 Å². The normalized spacial score (nSPS) is 25.0. The van der Waals surface area contributed by atoms with Crippen LogP contribution in [0.15, 0.2) is 0 Å². The van der Waals surface area contributed by atoms with Crippen LogP contribution in [-0.2, 0) is 19.4 Å². The molecule has 0 amide bonds. The van der Waals surface area contributed by atoms with Gasteiger partial charge in [-0.3, -0.25) is 4.79 Å². The van der Waals surface area contributed by atoms with E-state index >= 15 is 0 Å². The van der Waals surface area contributed by atoms with Gasteiger partial charge in [-0.05, 0) is 12.8 Å². The Morgan fingerprint density at radius 3 is 2.75 bits per heavy atom. The van der Waals surface area contributed by atoms with Gasteiger partial charge in [0.05, 0.1) is 36.5 Å². The maximum absolute atomic E-state index is 11.9. The number of nitrogens with zero attached hydrogens (tertiary/aromatic N) is 1. The Morgan fingerprint density at radius 1 is 1.50 bits per heavy atom. The summed E-state index contributed by atoms with van der Waals surface area (Å²) in [6.45, 7) is 0. The van der Waals surface area contributed by atoms with Crippen molar-refractivity contribution in [2.24, 2.45) is 5.92 Å². The summed E-state index contributed by atoms with van der Waals surface area (Å²) in [6, 6.07) is 2.03. The first-order chi connectivity index (χ1) is 7.51. The van der Waals surface area contributed by atoms with Crippen LogP contribution < -0.4 is 0 Å². The van der Waals surface area contributed by atoms with Crippen molar-refractivity contribution in [1.82, 2.24) is 0 Å². The molecule has 2 unspecified atom stereocenters. The molecule has 1 aliphatic rings. The highest BCUT2D eigenvalue weighted by Gasteiger charge is 2.37. The van der Waals surface area contributed by atoms with Gasteiger partial charge in [0.15, 0.2) is 9.84 Å². The molecule has 16 heavy (non-hydrogen) atoms. The van der Waals surface area contributed by atoms with Crippen molar-refractivity contribution in [1.29, 1.82) is 5.26 Å². The van der Waals surface area contributed by atoms with Gasteiger partial charge in [-0.15, -0.1) is 0 Å². The number of ether oxygens (including phenoxy) is 1. The average Bonchev–Trinajstić information content (AvgIpc) is 2.74. The van der Waals surface area contributed by atoms with E-state index in [4.69, 9.17) is 5.26 Å². The van der Waals surface area contributed by atoms with E-state index in [0.717, 1.165) is 6.42 Å². The number of hydrogen-bond acceptors (Lipinski definition) is 5. The van der Waals surface area contributed by atoms with Gasteiger partial charge in [0.2, 0.25) is 0 Å². The summed E-state index contributed by atoms with van der Waals surface area (Å²) in [5.41, 5.74) is 0. The van der Waals surface area contributed by atoms with Crippen LogP contribution >= 0.6 is 0 Å². The smallest absolute Gasteiger partial charge is 0.306 e. The fourth-order valence-corrected chi connectivity index (χ4v) is 3.96. The second-order valence-corrected chi connectivity index (χ2v) is 6.24. The number of esters is 1. The monoisotopic (exact) mass is 245 g/mol. The molecule has 5 nitrogen and oxygen atoms in total. The molecule has 0 aromatic heterocycles. The van der Waals surface area contributed by atoms with Crippen molar-refractivity contribution < 1.29 is 17.9 Å². The van der Waals surface area contributed by atoms with Gasteiger partial charge in [0.1, 0.15) is 0 Å². The van der Waals surface area contributed by atoms with Crippen LogP contribution in [0.5, 0.6) is 0 Å². The van der Waals surface area contributed by atoms with Crippen molar-refractivity contribution in [3.8, 4) is 6.07 Å². The minimum Gasteiger partial charge on any atom is -0.469 e.